The van der Waals surface area contributed by atoms with Crippen molar-refractivity contribution in [1.29, 1.82) is 0 Å². The molecule has 0 aromatic carbocycles. The Bertz CT molecular complexity index is 218. The third-order valence-electron chi connectivity index (χ3n) is 3.62. The second-order valence-corrected chi connectivity index (χ2v) is 5.23. The number of primary amides is 1. The van der Waals surface area contributed by atoms with Gasteiger partial charge in [-0.3, -0.25) is 9.69 Å². The molecule has 0 atom stereocenters. The molecular weight excluding hydrogens is 188 g/mol. The van der Waals surface area contributed by atoms with Gasteiger partial charge in [0.2, 0.25) is 5.91 Å². The number of rotatable bonds is 4. The predicted octanol–water partition coefficient (Wildman–Crippen LogP) is 1.76. The van der Waals surface area contributed by atoms with Crippen molar-refractivity contribution in [3.8, 4) is 0 Å². The number of amides is 1. The zero-order valence-corrected chi connectivity index (χ0v) is 10.3. The minimum atomic E-state index is -0.122. The van der Waals surface area contributed by atoms with Crippen molar-refractivity contribution in [2.45, 2.75) is 52.0 Å². The summed E-state index contributed by atoms with van der Waals surface area (Å²) < 4.78 is 0. The van der Waals surface area contributed by atoms with Crippen LogP contribution in [0.15, 0.2) is 0 Å². The minimum Gasteiger partial charge on any atom is -0.369 e. The van der Waals surface area contributed by atoms with Crippen molar-refractivity contribution in [3.05, 3.63) is 0 Å². The Kier molecular flexibility index (Phi) is 4.14. The molecule has 1 amide bonds. The number of nitrogens with zero attached hydrogens (tertiary/aromatic N) is 1. The summed E-state index contributed by atoms with van der Waals surface area (Å²) in [5.74, 6) is -0.0124. The third-order valence-corrected chi connectivity index (χ3v) is 3.62. The molecule has 88 valence electrons. The molecule has 3 nitrogen and oxygen atoms in total. The van der Waals surface area contributed by atoms with Gasteiger partial charge >= 0.3 is 0 Å². The van der Waals surface area contributed by atoms with E-state index in [9.17, 15) is 4.79 Å². The number of hydrogen-bond donors (Lipinski definition) is 1. The average molecular weight is 212 g/mol. The van der Waals surface area contributed by atoms with E-state index in [-0.39, 0.29) is 17.4 Å². The molecule has 1 rings (SSSR count). The SMILES string of the molecule is CCCC(C)(C)N1CCC(C(N)=O)CC1. The summed E-state index contributed by atoms with van der Waals surface area (Å²) in [7, 11) is 0. The van der Waals surface area contributed by atoms with Crippen LogP contribution in [0.25, 0.3) is 0 Å². The van der Waals surface area contributed by atoms with Gasteiger partial charge in [-0.25, -0.2) is 0 Å². The molecule has 0 unspecified atom stereocenters. The van der Waals surface area contributed by atoms with Gasteiger partial charge in [0.05, 0.1) is 0 Å². The van der Waals surface area contributed by atoms with Gasteiger partial charge in [0.15, 0.2) is 0 Å². The fourth-order valence-electron chi connectivity index (χ4n) is 2.54. The van der Waals surface area contributed by atoms with E-state index >= 15 is 0 Å². The van der Waals surface area contributed by atoms with Crippen LogP contribution in [0.1, 0.15) is 46.5 Å². The van der Waals surface area contributed by atoms with Crippen molar-refractivity contribution in [1.82, 2.24) is 4.90 Å². The summed E-state index contributed by atoms with van der Waals surface area (Å²) in [4.78, 5) is 13.5. The highest BCUT2D eigenvalue weighted by Gasteiger charge is 2.31. The van der Waals surface area contributed by atoms with Gasteiger partial charge in [-0.1, -0.05) is 13.3 Å². The maximum atomic E-state index is 11.0. The molecule has 15 heavy (non-hydrogen) atoms. The lowest BCUT2D eigenvalue weighted by molar-refractivity contribution is -0.123. The van der Waals surface area contributed by atoms with Crippen molar-refractivity contribution in [3.63, 3.8) is 0 Å². The molecule has 0 saturated carbocycles. The Morgan fingerprint density at radius 2 is 1.93 bits per heavy atom. The molecule has 1 heterocycles. The Hall–Kier alpha value is -0.570. The van der Waals surface area contributed by atoms with Gasteiger partial charge in [0.1, 0.15) is 0 Å². The van der Waals surface area contributed by atoms with Crippen LogP contribution >= 0.6 is 0 Å². The maximum Gasteiger partial charge on any atom is 0.220 e. The lowest BCUT2D eigenvalue weighted by Gasteiger charge is -2.42. The van der Waals surface area contributed by atoms with Crippen LogP contribution in [-0.4, -0.2) is 29.4 Å². The number of hydrogen-bond acceptors (Lipinski definition) is 2. The summed E-state index contributed by atoms with van der Waals surface area (Å²) in [6.45, 7) is 8.83. The van der Waals surface area contributed by atoms with Gasteiger partial charge in [-0.2, -0.15) is 0 Å². The molecule has 0 spiro atoms. The first-order valence-electron chi connectivity index (χ1n) is 6.01. The quantitative estimate of drug-likeness (QED) is 0.772. The van der Waals surface area contributed by atoms with Crippen LogP contribution in [0.4, 0.5) is 0 Å². The first-order chi connectivity index (χ1) is 6.97. The Morgan fingerprint density at radius 3 is 2.33 bits per heavy atom. The van der Waals surface area contributed by atoms with E-state index in [0.717, 1.165) is 25.9 Å². The fourth-order valence-corrected chi connectivity index (χ4v) is 2.54. The van der Waals surface area contributed by atoms with E-state index in [0.29, 0.717) is 0 Å². The Balaban J connectivity index is 2.46. The highest BCUT2D eigenvalue weighted by Crippen LogP contribution is 2.26. The van der Waals surface area contributed by atoms with Crippen LogP contribution in [0.3, 0.4) is 0 Å². The first kappa shape index (κ1) is 12.5. The Morgan fingerprint density at radius 1 is 1.40 bits per heavy atom. The van der Waals surface area contributed by atoms with Gasteiger partial charge in [0, 0.05) is 11.5 Å². The molecule has 1 fully saturated rings. The second kappa shape index (κ2) is 4.97. The second-order valence-electron chi connectivity index (χ2n) is 5.23. The largest absolute Gasteiger partial charge is 0.369 e. The Labute approximate surface area is 93.0 Å². The highest BCUT2D eigenvalue weighted by molar-refractivity contribution is 5.76. The number of likely N-dealkylation sites (tertiary alicyclic amines) is 1. The molecule has 0 radical (unpaired) electrons. The molecule has 1 aliphatic heterocycles. The summed E-state index contributed by atoms with van der Waals surface area (Å²) >= 11 is 0. The monoisotopic (exact) mass is 212 g/mol. The van der Waals surface area contributed by atoms with Gasteiger partial charge in [0.25, 0.3) is 0 Å². The summed E-state index contributed by atoms with van der Waals surface area (Å²) in [5, 5.41) is 0. The highest BCUT2D eigenvalue weighted by atomic mass is 16.1. The standard InChI is InChI=1S/C12H24N2O/c1-4-7-12(2,3)14-8-5-10(6-9-14)11(13)15/h10H,4-9H2,1-3H3,(H2,13,15). The summed E-state index contributed by atoms with van der Waals surface area (Å²) in [6, 6.07) is 0. The minimum absolute atomic E-state index is 0.110. The molecule has 0 aromatic heterocycles. The van der Waals surface area contributed by atoms with Crippen molar-refractivity contribution in [2.24, 2.45) is 11.7 Å². The zero-order chi connectivity index (χ0) is 11.5. The number of nitrogens with two attached hydrogens (primary N) is 1. The molecule has 0 aromatic rings. The van der Waals surface area contributed by atoms with Crippen LogP contribution < -0.4 is 5.73 Å². The van der Waals surface area contributed by atoms with E-state index in [4.69, 9.17) is 5.73 Å². The molecule has 0 bridgehead atoms. The number of piperidine rings is 1. The smallest absolute Gasteiger partial charge is 0.220 e. The van der Waals surface area contributed by atoms with Crippen LogP contribution in [0.2, 0.25) is 0 Å². The molecular formula is C12H24N2O. The zero-order valence-electron chi connectivity index (χ0n) is 10.3. The maximum absolute atomic E-state index is 11.0. The molecule has 1 aliphatic rings. The van der Waals surface area contributed by atoms with Gasteiger partial charge in [-0.05, 0) is 46.2 Å². The lowest BCUT2D eigenvalue weighted by atomic mass is 9.89. The van der Waals surface area contributed by atoms with E-state index in [1.807, 2.05) is 0 Å². The van der Waals surface area contributed by atoms with Crippen LogP contribution in [0.5, 0.6) is 0 Å². The number of carbonyl (C=O) groups excluding carboxylic acids is 1. The van der Waals surface area contributed by atoms with Crippen LogP contribution in [0, 0.1) is 5.92 Å². The molecule has 0 aliphatic carbocycles. The fraction of sp³-hybridized carbons (Fsp3) is 0.917. The van der Waals surface area contributed by atoms with E-state index in [1.54, 1.807) is 0 Å². The van der Waals surface area contributed by atoms with Crippen molar-refractivity contribution < 1.29 is 4.79 Å². The topological polar surface area (TPSA) is 46.3 Å². The van der Waals surface area contributed by atoms with E-state index < -0.39 is 0 Å². The van der Waals surface area contributed by atoms with Crippen molar-refractivity contribution in [2.75, 3.05) is 13.1 Å². The number of carbonyl (C=O) groups is 1. The average Bonchev–Trinajstić information content (AvgIpc) is 2.18. The van der Waals surface area contributed by atoms with Gasteiger partial charge in [-0.15, -0.1) is 0 Å². The normalized spacial score (nSPS) is 20.5. The third kappa shape index (κ3) is 3.20. The van der Waals surface area contributed by atoms with E-state index in [2.05, 4.69) is 25.7 Å². The summed E-state index contributed by atoms with van der Waals surface area (Å²) in [5.41, 5.74) is 5.60. The van der Waals surface area contributed by atoms with Gasteiger partial charge < -0.3 is 5.73 Å². The molecule has 2 N–H and O–H groups in total. The van der Waals surface area contributed by atoms with E-state index in [1.165, 1.54) is 12.8 Å². The first-order valence-corrected chi connectivity index (χ1v) is 6.01. The lowest BCUT2D eigenvalue weighted by Crippen LogP contribution is -2.49. The summed E-state index contributed by atoms with van der Waals surface area (Å²) in [6.07, 6.45) is 4.29. The predicted molar refractivity (Wildman–Crippen MR) is 62.5 cm³/mol. The van der Waals surface area contributed by atoms with Crippen molar-refractivity contribution >= 4 is 5.91 Å². The van der Waals surface area contributed by atoms with Crippen LogP contribution in [-0.2, 0) is 4.79 Å². The molecule has 3 heteroatoms. The molecule has 1 saturated heterocycles.